The summed E-state index contributed by atoms with van der Waals surface area (Å²) in [7, 11) is 1.78. The molecule has 5 rings (SSSR count). The van der Waals surface area contributed by atoms with E-state index in [9.17, 15) is 9.59 Å². The predicted molar refractivity (Wildman–Crippen MR) is 144 cm³/mol. The Morgan fingerprint density at radius 2 is 1.67 bits per heavy atom. The number of hydrogen-bond donors (Lipinski definition) is 2. The number of carbonyl (C=O) groups excluding carboxylic acids is 2. The van der Waals surface area contributed by atoms with Gasteiger partial charge in [-0.25, -0.2) is 4.98 Å². The zero-order chi connectivity index (χ0) is 25.8. The number of alkyl halides is 2. The highest BCUT2D eigenvalue weighted by molar-refractivity contribution is 6.53. The smallest absolute Gasteiger partial charge is 0.257 e. The van der Waals surface area contributed by atoms with Crippen molar-refractivity contribution in [3.8, 4) is 0 Å². The van der Waals surface area contributed by atoms with Crippen molar-refractivity contribution in [3.05, 3.63) is 81.1 Å². The van der Waals surface area contributed by atoms with Crippen LogP contribution in [0.25, 0.3) is 11.0 Å². The normalized spacial score (nSPS) is 18.2. The van der Waals surface area contributed by atoms with Gasteiger partial charge in [0.25, 0.3) is 5.91 Å². The summed E-state index contributed by atoms with van der Waals surface area (Å²) in [5, 5.41) is 11.5. The average molecular weight is 584 g/mol. The molecule has 2 heterocycles. The van der Waals surface area contributed by atoms with E-state index in [-0.39, 0.29) is 10.6 Å². The lowest BCUT2D eigenvalue weighted by atomic mass is 10.1. The van der Waals surface area contributed by atoms with Crippen LogP contribution in [0.1, 0.15) is 21.8 Å². The standard InChI is InChI=1S/C24H16Cl5N5O2/c1-34-21-12(9-31-34)6-16(10-30-21)33-22(35)17-8-15(2-3-18(17)27)32-23(36)20-19(24(20,28)29)11-4-13(25)7-14(26)5-11/h2-10,19-20H,1H3,(H,32,36)(H,33,35)/t19-,20+/m0/s1. The summed E-state index contributed by atoms with van der Waals surface area (Å²) in [6.45, 7) is 0. The molecule has 7 nitrogen and oxygen atoms in total. The van der Waals surface area contributed by atoms with Gasteiger partial charge < -0.3 is 10.6 Å². The fourth-order valence-corrected chi connectivity index (χ4v) is 5.70. The molecule has 184 valence electrons. The van der Waals surface area contributed by atoms with Crippen LogP contribution in [0.3, 0.4) is 0 Å². The Morgan fingerprint density at radius 1 is 0.944 bits per heavy atom. The Bertz CT molecular complexity index is 1520. The topological polar surface area (TPSA) is 88.9 Å². The first-order chi connectivity index (χ1) is 17.0. The molecule has 0 bridgehead atoms. The number of nitrogens with zero attached hydrogens (tertiary/aromatic N) is 3. The first kappa shape index (κ1) is 25.1. The first-order valence-electron chi connectivity index (χ1n) is 10.6. The molecule has 0 radical (unpaired) electrons. The van der Waals surface area contributed by atoms with E-state index in [0.717, 1.165) is 5.39 Å². The van der Waals surface area contributed by atoms with Crippen LogP contribution in [0.2, 0.25) is 15.1 Å². The minimum absolute atomic E-state index is 0.165. The van der Waals surface area contributed by atoms with Crippen LogP contribution in [0, 0.1) is 5.92 Å². The van der Waals surface area contributed by atoms with Gasteiger partial charge in [0.15, 0.2) is 5.65 Å². The predicted octanol–water partition coefficient (Wildman–Crippen LogP) is 6.71. The maximum Gasteiger partial charge on any atom is 0.257 e. The van der Waals surface area contributed by atoms with Crippen LogP contribution in [-0.4, -0.2) is 30.9 Å². The van der Waals surface area contributed by atoms with Gasteiger partial charge in [0.05, 0.1) is 34.6 Å². The van der Waals surface area contributed by atoms with Gasteiger partial charge in [0.2, 0.25) is 5.91 Å². The Kier molecular flexibility index (Phi) is 6.55. The molecule has 2 N–H and O–H groups in total. The molecule has 2 atom stereocenters. The molecule has 2 aromatic carbocycles. The lowest BCUT2D eigenvalue weighted by molar-refractivity contribution is -0.117. The van der Waals surface area contributed by atoms with Crippen molar-refractivity contribution in [2.75, 3.05) is 10.6 Å². The fourth-order valence-electron chi connectivity index (χ4n) is 4.13. The van der Waals surface area contributed by atoms with Crippen molar-refractivity contribution in [2.24, 2.45) is 13.0 Å². The molecule has 2 aromatic heterocycles. The molecule has 1 aliphatic carbocycles. The van der Waals surface area contributed by atoms with Crippen LogP contribution in [0.4, 0.5) is 11.4 Å². The molecule has 1 fully saturated rings. The second kappa shape index (κ2) is 9.39. The number of amides is 2. The van der Waals surface area contributed by atoms with Crippen molar-refractivity contribution in [1.29, 1.82) is 0 Å². The number of benzene rings is 2. The third-order valence-corrected chi connectivity index (χ3v) is 7.59. The molecular weight excluding hydrogens is 568 g/mol. The van der Waals surface area contributed by atoms with Gasteiger partial charge in [0, 0.05) is 34.1 Å². The van der Waals surface area contributed by atoms with Crippen LogP contribution < -0.4 is 10.6 Å². The number of carbonyl (C=O) groups is 2. The Balaban J connectivity index is 1.33. The number of aromatic nitrogens is 3. The van der Waals surface area contributed by atoms with Crippen molar-refractivity contribution >= 4 is 92.2 Å². The summed E-state index contributed by atoms with van der Waals surface area (Å²) < 4.78 is 0.300. The van der Waals surface area contributed by atoms with Crippen molar-refractivity contribution in [2.45, 2.75) is 10.3 Å². The Labute approximate surface area is 230 Å². The van der Waals surface area contributed by atoms with Gasteiger partial charge >= 0.3 is 0 Å². The van der Waals surface area contributed by atoms with Crippen molar-refractivity contribution in [1.82, 2.24) is 14.8 Å². The van der Waals surface area contributed by atoms with Gasteiger partial charge in [-0.05, 0) is 48.0 Å². The summed E-state index contributed by atoms with van der Waals surface area (Å²) in [5.74, 6) is -2.13. The monoisotopic (exact) mass is 581 g/mol. The van der Waals surface area contributed by atoms with Crippen molar-refractivity contribution in [3.63, 3.8) is 0 Å². The molecule has 4 aromatic rings. The maximum atomic E-state index is 13.0. The van der Waals surface area contributed by atoms with E-state index < -0.39 is 28.0 Å². The maximum absolute atomic E-state index is 13.0. The minimum Gasteiger partial charge on any atom is -0.326 e. The van der Waals surface area contributed by atoms with E-state index in [0.29, 0.717) is 32.6 Å². The van der Waals surface area contributed by atoms with E-state index >= 15 is 0 Å². The molecule has 0 unspecified atom stereocenters. The summed E-state index contributed by atoms with van der Waals surface area (Å²) in [6.07, 6.45) is 3.18. The van der Waals surface area contributed by atoms with Gasteiger partial charge in [-0.1, -0.05) is 34.8 Å². The minimum atomic E-state index is -1.33. The zero-order valence-electron chi connectivity index (χ0n) is 18.4. The van der Waals surface area contributed by atoms with Crippen LogP contribution in [-0.2, 0) is 11.8 Å². The number of nitrogens with one attached hydrogen (secondary N) is 2. The largest absolute Gasteiger partial charge is 0.326 e. The van der Waals surface area contributed by atoms with Crippen molar-refractivity contribution < 1.29 is 9.59 Å². The van der Waals surface area contributed by atoms with E-state index in [1.165, 1.54) is 18.3 Å². The lowest BCUT2D eigenvalue weighted by Gasteiger charge is -2.10. The van der Waals surface area contributed by atoms with Crippen LogP contribution in [0.5, 0.6) is 0 Å². The van der Waals surface area contributed by atoms with Gasteiger partial charge in [0.1, 0.15) is 4.33 Å². The molecular formula is C24H16Cl5N5O2. The van der Waals surface area contributed by atoms with Gasteiger partial charge in [-0.2, -0.15) is 5.10 Å². The van der Waals surface area contributed by atoms with E-state index in [1.54, 1.807) is 48.3 Å². The van der Waals surface area contributed by atoms with Crippen LogP contribution in [0.15, 0.2) is 54.9 Å². The third kappa shape index (κ3) is 4.74. The second-order valence-electron chi connectivity index (χ2n) is 8.38. The molecule has 0 aliphatic heterocycles. The number of aryl methyl sites for hydroxylation is 1. The quantitative estimate of drug-likeness (QED) is 0.256. The number of anilines is 2. The van der Waals surface area contributed by atoms with Gasteiger partial charge in [-0.3, -0.25) is 14.3 Å². The highest BCUT2D eigenvalue weighted by Crippen LogP contribution is 2.65. The van der Waals surface area contributed by atoms with Crippen LogP contribution >= 0.6 is 58.0 Å². The molecule has 0 spiro atoms. The third-order valence-electron chi connectivity index (χ3n) is 5.89. The fraction of sp³-hybridized carbons (Fsp3) is 0.167. The number of rotatable bonds is 5. The summed E-state index contributed by atoms with van der Waals surface area (Å²) >= 11 is 31.3. The molecule has 0 saturated heterocycles. The van der Waals surface area contributed by atoms with E-state index in [2.05, 4.69) is 20.7 Å². The Hall–Kier alpha value is -2.55. The first-order valence-corrected chi connectivity index (χ1v) is 12.5. The number of halogens is 5. The zero-order valence-corrected chi connectivity index (χ0v) is 22.2. The second-order valence-corrected chi connectivity index (χ2v) is 11.1. The molecule has 1 saturated carbocycles. The molecule has 1 aliphatic rings. The summed E-state index contributed by atoms with van der Waals surface area (Å²) in [5.41, 5.74) is 2.34. The highest BCUT2D eigenvalue weighted by Gasteiger charge is 2.67. The Morgan fingerprint density at radius 3 is 2.39 bits per heavy atom. The number of pyridine rings is 1. The number of fused-ring (bicyclic) bond motifs is 1. The number of hydrogen-bond acceptors (Lipinski definition) is 4. The average Bonchev–Trinajstić information content (AvgIpc) is 3.21. The summed E-state index contributed by atoms with van der Waals surface area (Å²) in [4.78, 5) is 30.3. The molecule has 2 amide bonds. The molecule has 36 heavy (non-hydrogen) atoms. The lowest BCUT2D eigenvalue weighted by Crippen LogP contribution is -2.18. The summed E-state index contributed by atoms with van der Waals surface area (Å²) in [6, 6.07) is 11.3. The van der Waals surface area contributed by atoms with Gasteiger partial charge in [-0.15, -0.1) is 23.2 Å². The highest BCUT2D eigenvalue weighted by atomic mass is 35.5. The SMILES string of the molecule is Cn1ncc2cc(NC(=O)c3cc(NC(=O)[C@H]4[C@H](c5cc(Cl)cc(Cl)c5)C4(Cl)Cl)ccc3Cl)cnc21. The van der Waals surface area contributed by atoms with E-state index in [4.69, 9.17) is 58.0 Å². The molecule has 12 heteroatoms. The van der Waals surface area contributed by atoms with E-state index in [1.807, 2.05) is 0 Å².